The van der Waals surface area contributed by atoms with Crippen LogP contribution in [0.25, 0.3) is 6.08 Å². The number of benzene rings is 2. The first kappa shape index (κ1) is 17.0. The van der Waals surface area contributed by atoms with Crippen LogP contribution in [0.15, 0.2) is 54.6 Å². The second-order valence-corrected chi connectivity index (χ2v) is 5.58. The van der Waals surface area contributed by atoms with Crippen LogP contribution in [0.1, 0.15) is 42.0 Å². The molecule has 0 nitrogen and oxygen atoms in total. The molecular formula is C21H20F2. The molecule has 0 saturated carbocycles. The average Bonchev–Trinajstić information content (AvgIpc) is 2.53. The van der Waals surface area contributed by atoms with Gasteiger partial charge in [0.2, 0.25) is 0 Å². The number of hydrogen-bond donors (Lipinski definition) is 0. The Morgan fingerprint density at radius 3 is 1.96 bits per heavy atom. The van der Waals surface area contributed by atoms with Gasteiger partial charge in [-0.25, -0.2) is 8.78 Å². The number of aryl methyl sites for hydroxylation is 1. The van der Waals surface area contributed by atoms with E-state index in [2.05, 4.69) is 11.8 Å². The molecule has 2 heteroatoms. The van der Waals surface area contributed by atoms with Gasteiger partial charge in [0.15, 0.2) is 0 Å². The Morgan fingerprint density at radius 1 is 0.913 bits per heavy atom. The van der Waals surface area contributed by atoms with E-state index in [0.717, 1.165) is 22.8 Å². The molecule has 0 heterocycles. The average molecular weight is 310 g/mol. The lowest BCUT2D eigenvalue weighted by molar-refractivity contribution is 0.0458. The van der Waals surface area contributed by atoms with E-state index in [-0.39, 0.29) is 6.42 Å². The van der Waals surface area contributed by atoms with Gasteiger partial charge in [0.1, 0.15) is 0 Å². The summed E-state index contributed by atoms with van der Waals surface area (Å²) < 4.78 is 26.8. The molecule has 0 fully saturated rings. The zero-order chi connectivity index (χ0) is 16.7. The van der Waals surface area contributed by atoms with Crippen LogP contribution >= 0.6 is 0 Å². The zero-order valence-electron chi connectivity index (χ0n) is 13.4. The fraction of sp³-hybridized carbons (Fsp3) is 0.238. The molecule has 0 radical (unpaired) electrons. The van der Waals surface area contributed by atoms with E-state index >= 15 is 0 Å². The van der Waals surface area contributed by atoms with Gasteiger partial charge >= 0.3 is 0 Å². The predicted octanol–water partition coefficient (Wildman–Crippen LogP) is 5.84. The summed E-state index contributed by atoms with van der Waals surface area (Å²) in [6.45, 7) is 3.79. The van der Waals surface area contributed by atoms with Crippen molar-refractivity contribution in [2.45, 2.75) is 32.6 Å². The fourth-order valence-electron chi connectivity index (χ4n) is 2.09. The fourth-order valence-corrected chi connectivity index (χ4v) is 2.09. The van der Waals surface area contributed by atoms with Crippen LogP contribution in [0.3, 0.4) is 0 Å². The Balaban J connectivity index is 2.05. The summed E-state index contributed by atoms with van der Waals surface area (Å²) in [4.78, 5) is 0. The van der Waals surface area contributed by atoms with Crippen molar-refractivity contribution < 1.29 is 8.78 Å². The van der Waals surface area contributed by atoms with Crippen molar-refractivity contribution in [2.75, 3.05) is 0 Å². The van der Waals surface area contributed by atoms with Gasteiger partial charge in [0, 0.05) is 17.5 Å². The lowest BCUT2D eigenvalue weighted by Crippen LogP contribution is -2.10. The Morgan fingerprint density at radius 2 is 1.43 bits per heavy atom. The third-order valence-electron chi connectivity index (χ3n) is 3.42. The van der Waals surface area contributed by atoms with E-state index in [1.54, 1.807) is 19.1 Å². The van der Waals surface area contributed by atoms with Gasteiger partial charge in [-0.2, -0.15) is 0 Å². The SMILES string of the molecule is CCCC(F)(F)/C=C/c1ccc(C#Cc2ccc(C)cc2)cc1. The van der Waals surface area contributed by atoms with Crippen molar-refractivity contribution in [3.05, 3.63) is 76.9 Å². The third kappa shape index (κ3) is 5.71. The molecule has 2 aromatic carbocycles. The van der Waals surface area contributed by atoms with E-state index in [4.69, 9.17) is 0 Å². The molecule has 0 aromatic heterocycles. The lowest BCUT2D eigenvalue weighted by Gasteiger charge is -2.09. The largest absolute Gasteiger partial charge is 0.266 e. The van der Waals surface area contributed by atoms with Crippen molar-refractivity contribution >= 4 is 6.08 Å². The topological polar surface area (TPSA) is 0 Å². The van der Waals surface area contributed by atoms with Gasteiger partial charge in [-0.15, -0.1) is 0 Å². The molecule has 0 unspecified atom stereocenters. The van der Waals surface area contributed by atoms with Crippen molar-refractivity contribution in [1.82, 2.24) is 0 Å². The van der Waals surface area contributed by atoms with Crippen LogP contribution in [0.2, 0.25) is 0 Å². The Hall–Kier alpha value is -2.40. The summed E-state index contributed by atoms with van der Waals surface area (Å²) in [5.41, 5.74) is 3.77. The van der Waals surface area contributed by atoms with Crippen molar-refractivity contribution in [2.24, 2.45) is 0 Å². The molecule has 0 N–H and O–H groups in total. The normalized spacial score (nSPS) is 11.3. The summed E-state index contributed by atoms with van der Waals surface area (Å²) in [5.74, 6) is 3.43. The van der Waals surface area contributed by atoms with E-state index in [1.807, 2.05) is 43.3 Å². The lowest BCUT2D eigenvalue weighted by atomic mass is 10.1. The quantitative estimate of drug-likeness (QED) is 0.622. The summed E-state index contributed by atoms with van der Waals surface area (Å²) in [5, 5.41) is 0. The first-order valence-electron chi connectivity index (χ1n) is 7.74. The number of allylic oxidation sites excluding steroid dienone is 1. The number of alkyl halides is 2. The highest BCUT2D eigenvalue weighted by molar-refractivity contribution is 5.53. The number of halogens is 2. The highest BCUT2D eigenvalue weighted by atomic mass is 19.3. The molecule has 2 rings (SSSR count). The predicted molar refractivity (Wildman–Crippen MR) is 92.5 cm³/mol. The van der Waals surface area contributed by atoms with Gasteiger partial charge < -0.3 is 0 Å². The standard InChI is InChI=1S/C21H20F2/c1-3-15-21(22,23)16-14-20-12-10-19(11-13-20)9-8-18-6-4-17(2)5-7-18/h4-7,10-14,16H,3,15H2,1-2H3/b16-14+. The molecule has 23 heavy (non-hydrogen) atoms. The van der Waals surface area contributed by atoms with Gasteiger partial charge in [-0.05, 0) is 42.8 Å². The molecule has 0 aliphatic carbocycles. The van der Waals surface area contributed by atoms with E-state index in [1.165, 1.54) is 11.6 Å². The minimum Gasteiger partial charge on any atom is -0.202 e. The van der Waals surface area contributed by atoms with Crippen LogP contribution in [0.5, 0.6) is 0 Å². The van der Waals surface area contributed by atoms with E-state index in [9.17, 15) is 8.78 Å². The maximum Gasteiger partial charge on any atom is 0.266 e. The monoisotopic (exact) mass is 310 g/mol. The first-order chi connectivity index (χ1) is 11.0. The zero-order valence-corrected chi connectivity index (χ0v) is 13.4. The molecule has 0 bridgehead atoms. The Bertz CT molecular complexity index is 711. The van der Waals surface area contributed by atoms with Crippen LogP contribution in [-0.2, 0) is 0 Å². The molecule has 0 aliphatic heterocycles. The van der Waals surface area contributed by atoms with Crippen molar-refractivity contribution in [3.63, 3.8) is 0 Å². The molecular weight excluding hydrogens is 290 g/mol. The van der Waals surface area contributed by atoms with Crippen molar-refractivity contribution in [3.8, 4) is 11.8 Å². The van der Waals surface area contributed by atoms with E-state index < -0.39 is 5.92 Å². The summed E-state index contributed by atoms with van der Waals surface area (Å²) >= 11 is 0. The van der Waals surface area contributed by atoms with Crippen LogP contribution < -0.4 is 0 Å². The van der Waals surface area contributed by atoms with Crippen LogP contribution in [0.4, 0.5) is 8.78 Å². The maximum atomic E-state index is 13.4. The third-order valence-corrected chi connectivity index (χ3v) is 3.42. The smallest absolute Gasteiger partial charge is 0.202 e. The van der Waals surface area contributed by atoms with E-state index in [0.29, 0.717) is 6.42 Å². The van der Waals surface area contributed by atoms with Crippen LogP contribution in [-0.4, -0.2) is 5.92 Å². The Labute approximate surface area is 136 Å². The van der Waals surface area contributed by atoms with Crippen LogP contribution in [0, 0.1) is 18.8 Å². The summed E-state index contributed by atoms with van der Waals surface area (Å²) in [6, 6.07) is 15.3. The molecule has 2 aromatic rings. The van der Waals surface area contributed by atoms with Gasteiger partial charge in [0.05, 0.1) is 0 Å². The Kier molecular flexibility index (Phi) is 5.71. The highest BCUT2D eigenvalue weighted by Gasteiger charge is 2.22. The maximum absolute atomic E-state index is 13.4. The molecule has 0 amide bonds. The first-order valence-corrected chi connectivity index (χ1v) is 7.74. The number of hydrogen-bond acceptors (Lipinski definition) is 0. The molecule has 0 spiro atoms. The summed E-state index contributed by atoms with van der Waals surface area (Å²) in [7, 11) is 0. The molecule has 0 aliphatic rings. The minimum absolute atomic E-state index is 0.121. The molecule has 118 valence electrons. The van der Waals surface area contributed by atoms with Gasteiger partial charge in [-0.1, -0.05) is 61.1 Å². The molecule has 0 saturated heterocycles. The second-order valence-electron chi connectivity index (χ2n) is 5.58. The minimum atomic E-state index is -2.74. The van der Waals surface area contributed by atoms with Gasteiger partial charge in [0.25, 0.3) is 5.92 Å². The highest BCUT2D eigenvalue weighted by Crippen LogP contribution is 2.23. The summed E-state index contributed by atoms with van der Waals surface area (Å²) in [6.07, 6.45) is 2.78. The second kappa shape index (κ2) is 7.74. The molecule has 0 atom stereocenters. The number of rotatable bonds is 4. The van der Waals surface area contributed by atoms with Crippen molar-refractivity contribution in [1.29, 1.82) is 0 Å². The van der Waals surface area contributed by atoms with Gasteiger partial charge in [-0.3, -0.25) is 0 Å².